The van der Waals surface area contributed by atoms with E-state index in [4.69, 9.17) is 9.84 Å². The maximum Gasteiger partial charge on any atom is 0.471 e. The first-order valence-corrected chi connectivity index (χ1v) is 10.4. The van der Waals surface area contributed by atoms with Crippen molar-refractivity contribution < 1.29 is 53.0 Å². The first kappa shape index (κ1) is 26.9. The van der Waals surface area contributed by atoms with Crippen molar-refractivity contribution in [3.8, 4) is 0 Å². The number of hydrogen-bond acceptors (Lipinski definition) is 8. The number of unbranched alkanes of at least 4 members (excludes halogenated alkanes) is 2. The van der Waals surface area contributed by atoms with Gasteiger partial charge < -0.3 is 35.6 Å². The molecule has 1 heterocycles. The van der Waals surface area contributed by atoms with Crippen LogP contribution in [0, 0.1) is 5.92 Å². The van der Waals surface area contributed by atoms with Gasteiger partial charge in [0.1, 0.15) is 12.2 Å². The van der Waals surface area contributed by atoms with Gasteiger partial charge in [0.2, 0.25) is 4.93 Å². The van der Waals surface area contributed by atoms with Gasteiger partial charge in [0.05, 0.1) is 18.8 Å². The second-order valence-corrected chi connectivity index (χ2v) is 8.53. The molecular formula is C17H28F3NO8S. The zero-order chi connectivity index (χ0) is 23.1. The lowest BCUT2D eigenvalue weighted by molar-refractivity contribution is -0.212. The number of alkyl halides is 3. The standard InChI is InChI=1S/C17H28F3NO8S/c1-9-10(23)7-16(15(27)28,29-13(9)12(25)11(24)8-22)30-6-4-2-3-5-21-14(26)17(18,19)20/h9-13,22-25H,2-8H2,1H3,(H,21,26)(H,27,28)/t9-,10+,11-,12-,13?,16+/m1/s1. The van der Waals surface area contributed by atoms with Crippen LogP contribution in [0.2, 0.25) is 0 Å². The minimum atomic E-state index is -4.94. The van der Waals surface area contributed by atoms with Crippen molar-refractivity contribution in [1.29, 1.82) is 0 Å². The van der Waals surface area contributed by atoms with Gasteiger partial charge in [0.25, 0.3) is 0 Å². The summed E-state index contributed by atoms with van der Waals surface area (Å²) in [7, 11) is 0. The van der Waals surface area contributed by atoms with Gasteiger partial charge in [-0.15, -0.1) is 11.8 Å². The summed E-state index contributed by atoms with van der Waals surface area (Å²) in [5.41, 5.74) is 0. The maximum atomic E-state index is 12.1. The summed E-state index contributed by atoms with van der Waals surface area (Å²) < 4.78 is 41.8. The van der Waals surface area contributed by atoms with E-state index in [0.29, 0.717) is 12.8 Å². The summed E-state index contributed by atoms with van der Waals surface area (Å²) >= 11 is 0.863. The number of amides is 1. The van der Waals surface area contributed by atoms with E-state index in [2.05, 4.69) is 0 Å². The Bertz CT molecular complexity index is 582. The number of halogens is 3. The van der Waals surface area contributed by atoms with Crippen LogP contribution in [0.5, 0.6) is 0 Å². The fourth-order valence-electron chi connectivity index (χ4n) is 3.00. The van der Waals surface area contributed by atoms with Crippen molar-refractivity contribution >= 4 is 23.6 Å². The van der Waals surface area contributed by atoms with Gasteiger partial charge in [-0.2, -0.15) is 13.2 Å². The van der Waals surface area contributed by atoms with E-state index in [9.17, 15) is 43.2 Å². The predicted molar refractivity (Wildman–Crippen MR) is 99.5 cm³/mol. The van der Waals surface area contributed by atoms with Crippen molar-refractivity contribution in [3.63, 3.8) is 0 Å². The predicted octanol–water partition coefficient (Wildman–Crippen LogP) is -0.151. The third-order valence-corrected chi connectivity index (χ3v) is 6.27. The largest absolute Gasteiger partial charge is 0.478 e. The number of carbonyl (C=O) groups is 2. The topological polar surface area (TPSA) is 157 Å². The smallest absolute Gasteiger partial charge is 0.471 e. The van der Waals surface area contributed by atoms with Crippen molar-refractivity contribution in [2.75, 3.05) is 18.9 Å². The SMILES string of the molecule is C[C@H]1C([C@H](O)[C@H](O)CO)O[C@@](SCCCCCNC(=O)C(F)(F)F)(C(=O)O)C[C@@H]1O. The molecule has 6 atom stereocenters. The summed E-state index contributed by atoms with van der Waals surface area (Å²) in [5.74, 6) is -3.88. The maximum absolute atomic E-state index is 12.1. The van der Waals surface area contributed by atoms with E-state index in [0.717, 1.165) is 11.8 Å². The minimum Gasteiger partial charge on any atom is -0.478 e. The van der Waals surface area contributed by atoms with Gasteiger partial charge in [-0.1, -0.05) is 13.3 Å². The molecule has 0 aromatic carbocycles. The highest BCUT2D eigenvalue weighted by Crippen LogP contribution is 2.42. The highest BCUT2D eigenvalue weighted by Gasteiger charge is 2.53. The first-order chi connectivity index (χ1) is 13.9. The molecule has 0 spiro atoms. The van der Waals surface area contributed by atoms with Gasteiger partial charge in [-0.05, 0) is 18.6 Å². The zero-order valence-electron chi connectivity index (χ0n) is 16.3. The lowest BCUT2D eigenvalue weighted by Gasteiger charge is -2.45. The number of nitrogens with one attached hydrogen (secondary N) is 1. The summed E-state index contributed by atoms with van der Waals surface area (Å²) in [4.78, 5) is 20.7. The van der Waals surface area contributed by atoms with Crippen molar-refractivity contribution in [2.24, 2.45) is 5.92 Å². The summed E-state index contributed by atoms with van der Waals surface area (Å²) in [6.45, 7) is 0.573. The number of thioether (sulfide) groups is 1. The molecule has 13 heteroatoms. The number of carboxylic acids is 1. The number of carbonyl (C=O) groups excluding carboxylic acids is 1. The number of aliphatic hydroxyl groups is 4. The van der Waals surface area contributed by atoms with Crippen LogP contribution < -0.4 is 5.32 Å². The van der Waals surface area contributed by atoms with Gasteiger partial charge in [0.15, 0.2) is 0 Å². The van der Waals surface area contributed by atoms with Crippen LogP contribution in [0.25, 0.3) is 0 Å². The van der Waals surface area contributed by atoms with E-state index in [1.165, 1.54) is 6.92 Å². The molecule has 0 aliphatic carbocycles. The van der Waals surface area contributed by atoms with E-state index in [1.54, 1.807) is 5.32 Å². The number of carboxylic acid groups (broad SMARTS) is 1. The molecule has 176 valence electrons. The van der Waals surface area contributed by atoms with E-state index in [1.807, 2.05) is 0 Å². The lowest BCUT2D eigenvalue weighted by Crippen LogP contribution is -2.59. The van der Waals surface area contributed by atoms with Crippen LogP contribution in [0.4, 0.5) is 13.2 Å². The minimum absolute atomic E-state index is 0.173. The van der Waals surface area contributed by atoms with Crippen molar-refractivity contribution in [1.82, 2.24) is 5.32 Å². The average molecular weight is 463 g/mol. The van der Waals surface area contributed by atoms with Crippen LogP contribution in [0.3, 0.4) is 0 Å². The molecule has 1 fully saturated rings. The van der Waals surface area contributed by atoms with E-state index >= 15 is 0 Å². The molecule has 1 rings (SSSR count). The van der Waals surface area contributed by atoms with Crippen LogP contribution in [-0.2, 0) is 14.3 Å². The van der Waals surface area contributed by atoms with Gasteiger partial charge >= 0.3 is 18.1 Å². The Morgan fingerprint density at radius 2 is 1.90 bits per heavy atom. The molecule has 9 nitrogen and oxygen atoms in total. The summed E-state index contributed by atoms with van der Waals surface area (Å²) in [6.07, 6.45) is -9.71. The normalized spacial score (nSPS) is 29.3. The summed E-state index contributed by atoms with van der Waals surface area (Å²) in [5, 5.41) is 50.5. The Balaban J connectivity index is 2.59. The number of aliphatic carboxylic acids is 1. The van der Waals surface area contributed by atoms with Crippen LogP contribution in [-0.4, -0.2) is 91.8 Å². The Morgan fingerprint density at radius 3 is 2.43 bits per heavy atom. The molecule has 30 heavy (non-hydrogen) atoms. The van der Waals surface area contributed by atoms with Crippen LogP contribution in [0.1, 0.15) is 32.6 Å². The number of hydrogen-bond donors (Lipinski definition) is 6. The molecule has 0 saturated carbocycles. The molecule has 1 aliphatic heterocycles. The highest BCUT2D eigenvalue weighted by molar-refractivity contribution is 8.01. The fraction of sp³-hybridized carbons (Fsp3) is 0.882. The second-order valence-electron chi connectivity index (χ2n) is 7.17. The van der Waals surface area contributed by atoms with Crippen molar-refractivity contribution in [3.05, 3.63) is 0 Å². The first-order valence-electron chi connectivity index (χ1n) is 9.41. The van der Waals surface area contributed by atoms with Gasteiger partial charge in [-0.25, -0.2) is 4.79 Å². The molecule has 0 aromatic rings. The Labute approximate surface area is 175 Å². The fourth-order valence-corrected chi connectivity index (χ4v) is 4.27. The molecule has 1 aliphatic rings. The highest BCUT2D eigenvalue weighted by atomic mass is 32.2. The molecule has 1 amide bonds. The second kappa shape index (κ2) is 11.5. The Morgan fingerprint density at radius 1 is 1.27 bits per heavy atom. The summed E-state index contributed by atoms with van der Waals surface area (Å²) in [6, 6.07) is 0. The monoisotopic (exact) mass is 463 g/mol. The molecule has 0 radical (unpaired) electrons. The number of ether oxygens (including phenoxy) is 1. The molecule has 6 N–H and O–H groups in total. The van der Waals surface area contributed by atoms with E-state index in [-0.39, 0.29) is 25.1 Å². The van der Waals surface area contributed by atoms with Crippen LogP contribution >= 0.6 is 11.8 Å². The van der Waals surface area contributed by atoms with Crippen molar-refractivity contribution in [2.45, 2.75) is 68.1 Å². The molecule has 0 bridgehead atoms. The third-order valence-electron chi connectivity index (χ3n) is 4.87. The molecule has 1 saturated heterocycles. The van der Waals surface area contributed by atoms with Gasteiger partial charge in [-0.3, -0.25) is 4.79 Å². The number of aliphatic hydroxyl groups excluding tert-OH is 4. The third kappa shape index (κ3) is 7.24. The number of rotatable bonds is 11. The van der Waals surface area contributed by atoms with Gasteiger partial charge in [0, 0.05) is 18.9 Å². The molecule has 1 unspecified atom stereocenters. The molecular weight excluding hydrogens is 435 g/mol. The quantitative estimate of drug-likeness (QED) is 0.229. The lowest BCUT2D eigenvalue weighted by atomic mass is 9.85. The van der Waals surface area contributed by atoms with Crippen LogP contribution in [0.15, 0.2) is 0 Å². The average Bonchev–Trinajstić information content (AvgIpc) is 2.67. The Kier molecular flexibility index (Phi) is 10.3. The zero-order valence-corrected chi connectivity index (χ0v) is 17.2. The molecule has 0 aromatic heterocycles. The Hall–Kier alpha value is -1.12. The van der Waals surface area contributed by atoms with E-state index < -0.39 is 59.9 Å².